The molecule has 0 saturated carbocycles. The Hall–Kier alpha value is -1.70. The van der Waals surface area contributed by atoms with E-state index in [4.69, 9.17) is 4.52 Å². The maximum absolute atomic E-state index is 12.3. The summed E-state index contributed by atoms with van der Waals surface area (Å²) in [5, 5.41) is 7.13. The molecule has 0 bridgehead atoms. The van der Waals surface area contributed by atoms with E-state index in [1.54, 1.807) is 0 Å². The molecule has 1 amide bonds. The van der Waals surface area contributed by atoms with Crippen LogP contribution in [0.25, 0.3) is 0 Å². The van der Waals surface area contributed by atoms with Crippen molar-refractivity contribution in [2.24, 2.45) is 0 Å². The predicted octanol–water partition coefficient (Wildman–Crippen LogP) is 2.74. The first-order valence-corrected chi connectivity index (χ1v) is 9.70. The second-order valence-corrected chi connectivity index (χ2v) is 7.74. The van der Waals surface area contributed by atoms with Crippen LogP contribution in [-0.4, -0.2) is 53.6 Å². The number of rotatable bonds is 6. The summed E-state index contributed by atoms with van der Waals surface area (Å²) in [5.41, 5.74) is 2.08. The Labute approximate surface area is 162 Å². The molecule has 26 heavy (non-hydrogen) atoms. The number of piperazine rings is 1. The van der Waals surface area contributed by atoms with Crippen LogP contribution in [0.2, 0.25) is 0 Å². The molecule has 0 aliphatic carbocycles. The zero-order valence-corrected chi connectivity index (χ0v) is 16.8. The SMILES string of the molecule is Cc1cc(CN2CCN(CC(=O)N[C@H](C)c3ccc(Br)cc3)CC2)no1. The minimum absolute atomic E-state index is 0.00675. The van der Waals surface area contributed by atoms with E-state index in [0.717, 1.165) is 54.2 Å². The molecule has 1 aliphatic rings. The molecule has 0 unspecified atom stereocenters. The lowest BCUT2D eigenvalue weighted by Gasteiger charge is -2.34. The first-order chi connectivity index (χ1) is 12.5. The molecule has 6 nitrogen and oxygen atoms in total. The Morgan fingerprint density at radius 1 is 1.23 bits per heavy atom. The fourth-order valence-corrected chi connectivity index (χ4v) is 3.42. The van der Waals surface area contributed by atoms with Crippen molar-refractivity contribution in [2.75, 3.05) is 32.7 Å². The van der Waals surface area contributed by atoms with E-state index < -0.39 is 0 Å². The van der Waals surface area contributed by atoms with E-state index in [1.165, 1.54) is 0 Å². The molecular weight excluding hydrogens is 396 g/mol. The van der Waals surface area contributed by atoms with Crippen LogP contribution in [0.15, 0.2) is 39.3 Å². The number of nitrogens with zero attached hydrogens (tertiary/aromatic N) is 3. The molecule has 1 aliphatic heterocycles. The van der Waals surface area contributed by atoms with Crippen LogP contribution in [0.3, 0.4) is 0 Å². The number of carbonyl (C=O) groups excluding carboxylic acids is 1. The smallest absolute Gasteiger partial charge is 0.234 e. The molecule has 0 spiro atoms. The van der Waals surface area contributed by atoms with Gasteiger partial charge in [-0.15, -0.1) is 0 Å². The van der Waals surface area contributed by atoms with Crippen LogP contribution in [0.4, 0.5) is 0 Å². The van der Waals surface area contributed by atoms with Gasteiger partial charge in [0.25, 0.3) is 0 Å². The van der Waals surface area contributed by atoms with Crippen molar-refractivity contribution in [3.8, 4) is 0 Å². The number of aryl methyl sites for hydroxylation is 1. The molecule has 3 rings (SSSR count). The van der Waals surface area contributed by atoms with Crippen molar-refractivity contribution in [1.82, 2.24) is 20.3 Å². The number of amides is 1. The summed E-state index contributed by atoms with van der Waals surface area (Å²) in [6.45, 7) is 8.80. The van der Waals surface area contributed by atoms with Gasteiger partial charge in [-0.05, 0) is 31.5 Å². The second-order valence-electron chi connectivity index (χ2n) is 6.82. The Morgan fingerprint density at radius 3 is 2.50 bits per heavy atom. The first kappa shape index (κ1) is 19.1. The van der Waals surface area contributed by atoms with E-state index in [-0.39, 0.29) is 11.9 Å². The molecule has 1 atom stereocenters. The zero-order chi connectivity index (χ0) is 18.5. The average molecular weight is 421 g/mol. The number of benzene rings is 1. The van der Waals surface area contributed by atoms with Crippen LogP contribution in [-0.2, 0) is 11.3 Å². The molecule has 1 fully saturated rings. The maximum Gasteiger partial charge on any atom is 0.234 e. The fraction of sp³-hybridized carbons (Fsp3) is 0.474. The van der Waals surface area contributed by atoms with Crippen LogP contribution < -0.4 is 5.32 Å². The van der Waals surface area contributed by atoms with E-state index in [2.05, 4.69) is 36.2 Å². The van der Waals surface area contributed by atoms with Gasteiger partial charge in [-0.2, -0.15) is 0 Å². The number of halogens is 1. The monoisotopic (exact) mass is 420 g/mol. The number of nitrogens with one attached hydrogen (secondary N) is 1. The average Bonchev–Trinajstić information content (AvgIpc) is 3.02. The maximum atomic E-state index is 12.3. The van der Waals surface area contributed by atoms with Crippen molar-refractivity contribution in [3.05, 3.63) is 51.8 Å². The third-order valence-electron chi connectivity index (χ3n) is 4.64. The number of hydrogen-bond acceptors (Lipinski definition) is 5. The Bertz CT molecular complexity index is 723. The number of carbonyl (C=O) groups is 1. The van der Waals surface area contributed by atoms with Crippen LogP contribution in [0.5, 0.6) is 0 Å². The summed E-state index contributed by atoms with van der Waals surface area (Å²) in [6.07, 6.45) is 0. The summed E-state index contributed by atoms with van der Waals surface area (Å²) < 4.78 is 6.16. The van der Waals surface area contributed by atoms with Gasteiger partial charge in [0.1, 0.15) is 5.76 Å². The molecule has 0 radical (unpaired) electrons. The van der Waals surface area contributed by atoms with E-state index in [0.29, 0.717) is 6.54 Å². The number of aromatic nitrogens is 1. The minimum Gasteiger partial charge on any atom is -0.361 e. The van der Waals surface area contributed by atoms with Crippen molar-refractivity contribution in [1.29, 1.82) is 0 Å². The highest BCUT2D eigenvalue weighted by atomic mass is 79.9. The molecule has 2 heterocycles. The zero-order valence-electron chi connectivity index (χ0n) is 15.2. The fourth-order valence-electron chi connectivity index (χ4n) is 3.15. The molecule has 2 aromatic rings. The normalized spacial score (nSPS) is 17.2. The van der Waals surface area contributed by atoms with Crippen molar-refractivity contribution in [3.63, 3.8) is 0 Å². The molecule has 1 N–H and O–H groups in total. The standard InChI is InChI=1S/C19H25BrN4O2/c1-14-11-18(22-26-14)12-23-7-9-24(10-8-23)13-19(25)21-15(2)16-3-5-17(20)6-4-16/h3-6,11,15H,7-10,12-13H2,1-2H3,(H,21,25)/t15-/m1/s1. The minimum atomic E-state index is 0.00675. The summed E-state index contributed by atoms with van der Waals surface area (Å²) in [5.74, 6) is 0.913. The van der Waals surface area contributed by atoms with Gasteiger partial charge in [-0.3, -0.25) is 14.6 Å². The van der Waals surface area contributed by atoms with Gasteiger partial charge in [0.2, 0.25) is 5.91 Å². The third kappa shape index (κ3) is 5.40. The summed E-state index contributed by atoms with van der Waals surface area (Å²) in [6, 6.07) is 10.0. The lowest BCUT2D eigenvalue weighted by atomic mass is 10.1. The summed E-state index contributed by atoms with van der Waals surface area (Å²) in [4.78, 5) is 16.9. The molecule has 140 valence electrons. The van der Waals surface area contributed by atoms with Crippen LogP contribution in [0.1, 0.15) is 30.0 Å². The van der Waals surface area contributed by atoms with Crippen molar-refractivity contribution in [2.45, 2.75) is 26.4 Å². The largest absolute Gasteiger partial charge is 0.361 e. The van der Waals surface area contributed by atoms with E-state index >= 15 is 0 Å². The van der Waals surface area contributed by atoms with E-state index in [1.807, 2.05) is 44.2 Å². The molecule has 1 aromatic heterocycles. The van der Waals surface area contributed by atoms with Gasteiger partial charge in [-0.25, -0.2) is 0 Å². The lowest BCUT2D eigenvalue weighted by Crippen LogP contribution is -2.49. The lowest BCUT2D eigenvalue weighted by molar-refractivity contribution is -0.123. The highest BCUT2D eigenvalue weighted by molar-refractivity contribution is 9.10. The Kier molecular flexibility index (Phi) is 6.45. The second kappa shape index (κ2) is 8.79. The Morgan fingerprint density at radius 2 is 1.88 bits per heavy atom. The van der Waals surface area contributed by atoms with Gasteiger partial charge in [0.15, 0.2) is 0 Å². The topological polar surface area (TPSA) is 61.6 Å². The van der Waals surface area contributed by atoms with Crippen LogP contribution in [0, 0.1) is 6.92 Å². The quantitative estimate of drug-likeness (QED) is 0.778. The third-order valence-corrected chi connectivity index (χ3v) is 5.17. The first-order valence-electron chi connectivity index (χ1n) is 8.91. The molecule has 1 aromatic carbocycles. The highest BCUT2D eigenvalue weighted by Crippen LogP contribution is 2.16. The van der Waals surface area contributed by atoms with Crippen molar-refractivity contribution < 1.29 is 9.32 Å². The molecule has 7 heteroatoms. The van der Waals surface area contributed by atoms with Crippen molar-refractivity contribution >= 4 is 21.8 Å². The Balaban J connectivity index is 1.41. The summed E-state index contributed by atoms with van der Waals surface area (Å²) >= 11 is 3.43. The number of hydrogen-bond donors (Lipinski definition) is 1. The van der Waals surface area contributed by atoms with Gasteiger partial charge in [0, 0.05) is 43.3 Å². The molecular formula is C19H25BrN4O2. The van der Waals surface area contributed by atoms with Gasteiger partial charge in [-0.1, -0.05) is 33.2 Å². The van der Waals surface area contributed by atoms with Crippen LogP contribution >= 0.6 is 15.9 Å². The van der Waals surface area contributed by atoms with Gasteiger partial charge in [0.05, 0.1) is 18.3 Å². The molecule has 1 saturated heterocycles. The predicted molar refractivity (Wildman–Crippen MR) is 104 cm³/mol. The van der Waals surface area contributed by atoms with Gasteiger partial charge < -0.3 is 9.84 Å². The van der Waals surface area contributed by atoms with E-state index in [9.17, 15) is 4.79 Å². The summed E-state index contributed by atoms with van der Waals surface area (Å²) in [7, 11) is 0. The highest BCUT2D eigenvalue weighted by Gasteiger charge is 2.20. The van der Waals surface area contributed by atoms with Gasteiger partial charge >= 0.3 is 0 Å².